The predicted octanol–water partition coefficient (Wildman–Crippen LogP) is 4.62. The Labute approximate surface area is 122 Å². The highest BCUT2D eigenvalue weighted by atomic mass is 79.9. The monoisotopic (exact) mass is 358 g/mol. The molecule has 0 bridgehead atoms. The fourth-order valence-electron chi connectivity index (χ4n) is 1.34. The smallest absolute Gasteiger partial charge is 0.276 e. The van der Waals surface area contributed by atoms with E-state index in [1.54, 1.807) is 0 Å². The Morgan fingerprint density at radius 3 is 2.58 bits per heavy atom. The predicted molar refractivity (Wildman–Crippen MR) is 69.2 cm³/mol. The van der Waals surface area contributed by atoms with Gasteiger partial charge in [-0.2, -0.15) is 0 Å². The summed E-state index contributed by atoms with van der Waals surface area (Å²) in [7, 11) is 0. The van der Waals surface area contributed by atoms with Crippen molar-refractivity contribution in [3.63, 3.8) is 0 Å². The summed E-state index contributed by atoms with van der Waals surface area (Å²) in [5.41, 5.74) is -0.493. The van der Waals surface area contributed by atoms with Crippen LogP contribution in [-0.2, 0) is 10.7 Å². The van der Waals surface area contributed by atoms with Crippen molar-refractivity contribution in [1.82, 2.24) is 0 Å². The molecule has 0 aromatic heterocycles. The molecular weight excluding hydrogens is 348 g/mol. The summed E-state index contributed by atoms with van der Waals surface area (Å²) in [6.45, 7) is 2.58. The molecule has 0 saturated carbocycles. The minimum atomic E-state index is -3.19. The molecule has 0 aliphatic rings. The largest absolute Gasteiger partial charge is 0.481 e. The quantitative estimate of drug-likeness (QED) is 0.717. The van der Waals surface area contributed by atoms with Gasteiger partial charge >= 0.3 is 0 Å². The maximum Gasteiger partial charge on any atom is 0.276 e. The Morgan fingerprint density at radius 2 is 2.11 bits per heavy atom. The van der Waals surface area contributed by atoms with E-state index in [2.05, 4.69) is 15.9 Å². The van der Waals surface area contributed by atoms with Gasteiger partial charge in [-0.25, -0.2) is 13.2 Å². The first-order valence-electron chi connectivity index (χ1n) is 5.42. The lowest BCUT2D eigenvalue weighted by Crippen LogP contribution is -2.22. The van der Waals surface area contributed by atoms with Crippen molar-refractivity contribution in [2.45, 2.75) is 32.3 Å². The third kappa shape index (κ3) is 3.86. The van der Waals surface area contributed by atoms with Crippen molar-refractivity contribution in [3.05, 3.63) is 28.0 Å². The summed E-state index contributed by atoms with van der Waals surface area (Å²) < 4.78 is 45.9. The van der Waals surface area contributed by atoms with Crippen LogP contribution in [0.4, 0.5) is 13.2 Å². The molecule has 1 atom stereocenters. The van der Waals surface area contributed by atoms with Crippen molar-refractivity contribution in [2.24, 2.45) is 0 Å². The molecule has 0 amide bonds. The molecule has 1 aromatic carbocycles. The van der Waals surface area contributed by atoms with E-state index < -0.39 is 40.8 Å². The van der Waals surface area contributed by atoms with E-state index in [-0.39, 0.29) is 4.47 Å². The zero-order valence-corrected chi connectivity index (χ0v) is 12.5. The molecule has 19 heavy (non-hydrogen) atoms. The zero-order valence-electron chi connectivity index (χ0n) is 10.1. The molecule has 2 nitrogen and oxygen atoms in total. The minimum absolute atomic E-state index is 0.104. The lowest BCUT2D eigenvalue weighted by molar-refractivity contribution is -0.117. The molecule has 0 heterocycles. The number of carbonyl (C=O) groups excluding carboxylic acids is 1. The summed E-state index contributed by atoms with van der Waals surface area (Å²) in [5, 5.41) is -0.853. The lowest BCUT2D eigenvalue weighted by Gasteiger charge is -2.21. The van der Waals surface area contributed by atoms with Crippen LogP contribution in [0.5, 0.6) is 5.75 Å². The van der Waals surface area contributed by atoms with Crippen molar-refractivity contribution in [3.8, 4) is 5.75 Å². The summed E-state index contributed by atoms with van der Waals surface area (Å²) in [4.78, 5) is 10.9. The van der Waals surface area contributed by atoms with E-state index in [4.69, 9.17) is 16.3 Å². The van der Waals surface area contributed by atoms with Gasteiger partial charge in [0.1, 0.15) is 11.6 Å². The summed E-state index contributed by atoms with van der Waals surface area (Å²) >= 11 is 8.04. The van der Waals surface area contributed by atoms with E-state index in [1.165, 1.54) is 13.8 Å². The van der Waals surface area contributed by atoms with Crippen LogP contribution in [0.15, 0.2) is 16.6 Å². The van der Waals surface area contributed by atoms with Crippen molar-refractivity contribution in [2.75, 3.05) is 0 Å². The van der Waals surface area contributed by atoms with E-state index in [9.17, 15) is 18.0 Å². The number of alkyl halides is 2. The second kappa shape index (κ2) is 6.13. The van der Waals surface area contributed by atoms with Gasteiger partial charge in [0.2, 0.25) is 0 Å². The van der Waals surface area contributed by atoms with Gasteiger partial charge in [0.15, 0.2) is 6.10 Å². The highest BCUT2D eigenvalue weighted by Crippen LogP contribution is 2.40. The fourth-order valence-corrected chi connectivity index (χ4v) is 1.73. The highest BCUT2D eigenvalue weighted by Gasteiger charge is 2.34. The van der Waals surface area contributed by atoms with Crippen molar-refractivity contribution < 1.29 is 22.7 Å². The first kappa shape index (κ1) is 16.3. The van der Waals surface area contributed by atoms with Crippen molar-refractivity contribution in [1.29, 1.82) is 0 Å². The number of hydrogen-bond acceptors (Lipinski definition) is 2. The van der Waals surface area contributed by atoms with E-state index in [0.29, 0.717) is 0 Å². The van der Waals surface area contributed by atoms with Crippen LogP contribution in [0.25, 0.3) is 0 Å². The van der Waals surface area contributed by atoms with Gasteiger partial charge in [0.05, 0.1) is 10.0 Å². The number of ether oxygens (including phenoxy) is 1. The second-order valence-electron chi connectivity index (χ2n) is 3.88. The number of carbonyl (C=O) groups is 1. The standard InChI is InChI=1S/C12H11BrClF3O2/c1-3-12(16,17)7-4-8(13)9(15)5-10(7)19-6(2)11(14)18/h4-6H,3H2,1-2H3. The van der Waals surface area contributed by atoms with Crippen LogP contribution in [0.3, 0.4) is 0 Å². The van der Waals surface area contributed by atoms with Gasteiger partial charge in [-0.1, -0.05) is 6.92 Å². The number of halogens is 5. The molecule has 0 fully saturated rings. The topological polar surface area (TPSA) is 26.3 Å². The van der Waals surface area contributed by atoms with Crippen LogP contribution < -0.4 is 4.74 Å². The molecule has 1 rings (SSSR count). The fraction of sp³-hybridized carbons (Fsp3) is 0.417. The van der Waals surface area contributed by atoms with Crippen LogP contribution in [0, 0.1) is 5.82 Å². The number of rotatable bonds is 5. The molecule has 106 valence electrons. The third-order valence-corrected chi connectivity index (χ3v) is 3.40. The Hall–Kier alpha value is -0.750. The molecule has 0 radical (unpaired) electrons. The molecule has 0 spiro atoms. The van der Waals surface area contributed by atoms with Gasteiger partial charge in [-0.3, -0.25) is 4.79 Å². The van der Waals surface area contributed by atoms with E-state index in [0.717, 1.165) is 12.1 Å². The molecule has 0 aliphatic heterocycles. The van der Waals surface area contributed by atoms with Crippen molar-refractivity contribution >= 4 is 32.8 Å². The Balaban J connectivity index is 3.28. The first-order valence-corrected chi connectivity index (χ1v) is 6.59. The maximum atomic E-state index is 13.8. The Kier molecular flexibility index (Phi) is 5.26. The average molecular weight is 360 g/mol. The number of benzene rings is 1. The SMILES string of the molecule is CCC(F)(F)c1cc(Br)c(F)cc1OC(C)C(=O)Cl. The van der Waals surface area contributed by atoms with Crippen LogP contribution in [0.1, 0.15) is 25.8 Å². The highest BCUT2D eigenvalue weighted by molar-refractivity contribution is 9.10. The normalized spacial score (nSPS) is 13.2. The van der Waals surface area contributed by atoms with Crippen LogP contribution in [-0.4, -0.2) is 11.3 Å². The Bertz CT molecular complexity index is 494. The van der Waals surface area contributed by atoms with E-state index >= 15 is 0 Å². The molecule has 1 unspecified atom stereocenters. The molecule has 7 heteroatoms. The number of hydrogen-bond donors (Lipinski definition) is 0. The average Bonchev–Trinajstić information content (AvgIpc) is 2.33. The Morgan fingerprint density at radius 1 is 1.53 bits per heavy atom. The summed E-state index contributed by atoms with van der Waals surface area (Å²) in [5.74, 6) is -4.35. The zero-order chi connectivity index (χ0) is 14.8. The van der Waals surface area contributed by atoms with Gasteiger partial charge in [-0.05, 0) is 40.5 Å². The van der Waals surface area contributed by atoms with Crippen LogP contribution >= 0.6 is 27.5 Å². The molecular formula is C12H11BrClF3O2. The van der Waals surface area contributed by atoms with Crippen LogP contribution in [0.2, 0.25) is 0 Å². The third-order valence-electron chi connectivity index (χ3n) is 2.48. The summed E-state index contributed by atoms with van der Waals surface area (Å²) in [6.07, 6.45) is -1.63. The van der Waals surface area contributed by atoms with E-state index in [1.807, 2.05) is 0 Å². The van der Waals surface area contributed by atoms with Gasteiger partial charge in [0.25, 0.3) is 11.2 Å². The molecule has 0 saturated heterocycles. The lowest BCUT2D eigenvalue weighted by atomic mass is 10.0. The summed E-state index contributed by atoms with van der Waals surface area (Å²) in [6, 6.07) is 1.75. The minimum Gasteiger partial charge on any atom is -0.481 e. The maximum absolute atomic E-state index is 13.8. The second-order valence-corrected chi connectivity index (χ2v) is 5.11. The first-order chi connectivity index (χ1) is 8.69. The molecule has 1 aromatic rings. The molecule has 0 aliphatic carbocycles. The van der Waals surface area contributed by atoms with Gasteiger partial charge in [-0.15, -0.1) is 0 Å². The molecule has 0 N–H and O–H groups in total. The van der Waals surface area contributed by atoms with Gasteiger partial charge in [0, 0.05) is 12.5 Å². The van der Waals surface area contributed by atoms with Gasteiger partial charge < -0.3 is 4.74 Å².